The topological polar surface area (TPSA) is 3.24 Å². The molecule has 0 aliphatic rings. The summed E-state index contributed by atoms with van der Waals surface area (Å²) >= 11 is 3.58. The van der Waals surface area contributed by atoms with Crippen molar-refractivity contribution in [2.45, 2.75) is 34.2 Å². The molecule has 0 radical (unpaired) electrons. The van der Waals surface area contributed by atoms with Crippen LogP contribution in [0.5, 0.6) is 0 Å². The molecule has 0 bridgehead atoms. The Hall–Kier alpha value is -1.04. The second kappa shape index (κ2) is 7.67. The molecule has 0 spiro atoms. The molecule has 0 atom stereocenters. The normalized spacial score (nSPS) is 11.8. The lowest BCUT2D eigenvalue weighted by Gasteiger charge is -2.14. The Kier molecular flexibility index (Phi) is 6.52. The first-order valence-electron chi connectivity index (χ1n) is 6.89. The number of nitrogens with zero attached hydrogens (tertiary/aromatic N) is 1. The lowest BCUT2D eigenvalue weighted by Crippen LogP contribution is -2.17. The van der Waals surface area contributed by atoms with Gasteiger partial charge in [0.15, 0.2) is 0 Å². The molecule has 0 fully saturated rings. The maximum absolute atomic E-state index is 3.58. The van der Waals surface area contributed by atoms with Gasteiger partial charge >= 0.3 is 0 Å². The van der Waals surface area contributed by atoms with Gasteiger partial charge in [-0.05, 0) is 58.0 Å². The van der Waals surface area contributed by atoms with Gasteiger partial charge in [0.2, 0.25) is 0 Å². The van der Waals surface area contributed by atoms with Gasteiger partial charge < -0.3 is 0 Å². The van der Waals surface area contributed by atoms with Gasteiger partial charge in [0, 0.05) is 23.0 Å². The van der Waals surface area contributed by atoms with Crippen LogP contribution in [0.25, 0.3) is 0 Å². The van der Waals surface area contributed by atoms with Crippen molar-refractivity contribution in [1.82, 2.24) is 4.90 Å². The molecule has 1 aromatic rings. The monoisotopic (exact) mass is 333 g/mol. The van der Waals surface area contributed by atoms with E-state index in [0.717, 1.165) is 13.1 Å². The van der Waals surface area contributed by atoms with Crippen LogP contribution in [0.1, 0.15) is 31.9 Å². The Labute approximate surface area is 132 Å². The first kappa shape index (κ1) is 17.0. The van der Waals surface area contributed by atoms with E-state index in [2.05, 4.69) is 91.7 Å². The number of likely N-dealkylation sites (N-methyl/N-ethyl adjacent to an activating group) is 1. The molecule has 0 saturated carbocycles. The van der Waals surface area contributed by atoms with E-state index in [4.69, 9.17) is 0 Å². The van der Waals surface area contributed by atoms with Crippen molar-refractivity contribution >= 4 is 15.9 Å². The molecule has 0 saturated heterocycles. The highest BCUT2D eigenvalue weighted by Gasteiger charge is 2.02. The van der Waals surface area contributed by atoms with Gasteiger partial charge in [-0.15, -0.1) is 0 Å². The van der Waals surface area contributed by atoms with Crippen LogP contribution in [0.15, 0.2) is 34.8 Å². The summed E-state index contributed by atoms with van der Waals surface area (Å²) in [5.41, 5.74) is 2.66. The second-order valence-electron chi connectivity index (χ2n) is 6.20. The second-order valence-corrected chi connectivity index (χ2v) is 7.06. The molecule has 0 unspecified atom stereocenters. The summed E-state index contributed by atoms with van der Waals surface area (Å²) in [5, 5.41) is 0. The molecule has 0 heterocycles. The highest BCUT2D eigenvalue weighted by molar-refractivity contribution is 9.10. The zero-order valence-electron chi connectivity index (χ0n) is 13.1. The average molecular weight is 334 g/mol. The van der Waals surface area contributed by atoms with Crippen molar-refractivity contribution < 1.29 is 0 Å². The number of hydrogen-bond acceptors (Lipinski definition) is 1. The third kappa shape index (κ3) is 6.93. The average Bonchev–Trinajstić information content (AvgIpc) is 2.32. The molecular weight excluding hydrogens is 310 g/mol. The Morgan fingerprint density at radius 2 is 2.00 bits per heavy atom. The first-order chi connectivity index (χ1) is 9.28. The van der Waals surface area contributed by atoms with Crippen LogP contribution in [0.4, 0.5) is 0 Å². The van der Waals surface area contributed by atoms with Crippen molar-refractivity contribution in [3.05, 3.63) is 46.0 Å². The molecule has 20 heavy (non-hydrogen) atoms. The summed E-state index contributed by atoms with van der Waals surface area (Å²) in [4.78, 5) is 2.27. The number of halogens is 1. The minimum absolute atomic E-state index is 0.0738. The van der Waals surface area contributed by atoms with Crippen LogP contribution in [-0.4, -0.2) is 18.5 Å². The molecule has 1 nitrogen and oxygen atoms in total. The quantitative estimate of drug-likeness (QED) is 0.715. The molecule has 1 rings (SSSR count). The van der Waals surface area contributed by atoms with Crippen LogP contribution >= 0.6 is 15.9 Å². The van der Waals surface area contributed by atoms with Gasteiger partial charge in [-0.2, -0.15) is 0 Å². The fourth-order valence-electron chi connectivity index (χ4n) is 1.66. The number of allylic oxidation sites excluding steroid dienone is 1. The summed E-state index contributed by atoms with van der Waals surface area (Å²) < 4.78 is 1.18. The fourth-order valence-corrected chi connectivity index (χ4v) is 2.09. The predicted octanol–water partition coefficient (Wildman–Crippen LogP) is 4.80. The van der Waals surface area contributed by atoms with E-state index >= 15 is 0 Å². The van der Waals surface area contributed by atoms with Gasteiger partial charge in [-0.3, -0.25) is 4.90 Å². The van der Waals surface area contributed by atoms with Gasteiger partial charge in [0.05, 0.1) is 0 Å². The van der Waals surface area contributed by atoms with Crippen molar-refractivity contribution in [3.63, 3.8) is 0 Å². The Balaban J connectivity index is 2.47. The smallest absolute Gasteiger partial charge is 0.0234 e. The van der Waals surface area contributed by atoms with E-state index in [1.807, 2.05) is 6.08 Å². The lowest BCUT2D eigenvalue weighted by atomic mass is 9.98. The third-order valence-corrected chi connectivity index (χ3v) is 3.61. The minimum atomic E-state index is 0.0738. The molecule has 0 aliphatic heterocycles. The van der Waals surface area contributed by atoms with Crippen LogP contribution in [0, 0.1) is 24.2 Å². The summed E-state index contributed by atoms with van der Waals surface area (Å²) in [6.45, 7) is 10.3. The molecular formula is C18H24BrN. The number of aryl methyl sites for hydroxylation is 1. The highest BCUT2D eigenvalue weighted by atomic mass is 79.9. The Morgan fingerprint density at radius 1 is 1.30 bits per heavy atom. The predicted molar refractivity (Wildman–Crippen MR) is 91.6 cm³/mol. The largest absolute Gasteiger partial charge is 0.298 e. The lowest BCUT2D eigenvalue weighted by molar-refractivity contribution is 0.363. The minimum Gasteiger partial charge on any atom is -0.298 e. The van der Waals surface area contributed by atoms with Crippen LogP contribution in [-0.2, 0) is 6.54 Å². The molecule has 0 aromatic heterocycles. The molecule has 0 amide bonds. The molecule has 2 heteroatoms. The van der Waals surface area contributed by atoms with Gasteiger partial charge in [0.25, 0.3) is 0 Å². The maximum atomic E-state index is 3.58. The van der Waals surface area contributed by atoms with Crippen LogP contribution in [0.2, 0.25) is 0 Å². The Morgan fingerprint density at radius 3 is 2.60 bits per heavy atom. The van der Waals surface area contributed by atoms with Crippen molar-refractivity contribution in [2.75, 3.05) is 13.6 Å². The van der Waals surface area contributed by atoms with Crippen molar-refractivity contribution in [1.29, 1.82) is 0 Å². The SMILES string of the molecule is Cc1ccc(CN(C)C/C=C/C#CC(C)(C)C)cc1Br. The van der Waals surface area contributed by atoms with Crippen molar-refractivity contribution in [3.8, 4) is 11.8 Å². The van der Waals surface area contributed by atoms with E-state index < -0.39 is 0 Å². The van der Waals surface area contributed by atoms with Gasteiger partial charge in [-0.1, -0.05) is 46.0 Å². The van der Waals surface area contributed by atoms with E-state index in [0.29, 0.717) is 0 Å². The maximum Gasteiger partial charge on any atom is 0.0234 e. The standard InChI is InChI=1S/C18H24BrN/c1-15-9-10-16(13-17(15)19)14-20(5)12-8-6-7-11-18(2,3)4/h6,8-10,13H,12,14H2,1-5H3/b8-6+. The van der Waals surface area contributed by atoms with E-state index in [1.54, 1.807) is 0 Å². The molecule has 0 N–H and O–H groups in total. The van der Waals surface area contributed by atoms with Crippen LogP contribution < -0.4 is 0 Å². The fraction of sp³-hybridized carbons (Fsp3) is 0.444. The summed E-state index contributed by atoms with van der Waals surface area (Å²) in [6.07, 6.45) is 4.06. The molecule has 108 valence electrons. The van der Waals surface area contributed by atoms with E-state index in [1.165, 1.54) is 15.6 Å². The number of rotatable bonds is 4. The first-order valence-corrected chi connectivity index (χ1v) is 7.68. The number of hydrogen-bond donors (Lipinski definition) is 0. The van der Waals surface area contributed by atoms with E-state index in [9.17, 15) is 0 Å². The van der Waals surface area contributed by atoms with E-state index in [-0.39, 0.29) is 5.41 Å². The zero-order chi connectivity index (χ0) is 15.2. The van der Waals surface area contributed by atoms with Gasteiger partial charge in [0.1, 0.15) is 0 Å². The zero-order valence-corrected chi connectivity index (χ0v) is 14.7. The van der Waals surface area contributed by atoms with Gasteiger partial charge in [-0.25, -0.2) is 0 Å². The summed E-state index contributed by atoms with van der Waals surface area (Å²) in [7, 11) is 2.12. The number of benzene rings is 1. The summed E-state index contributed by atoms with van der Waals surface area (Å²) in [6, 6.07) is 6.52. The Bertz CT molecular complexity index is 527. The summed E-state index contributed by atoms with van der Waals surface area (Å²) in [5.74, 6) is 6.29. The van der Waals surface area contributed by atoms with Crippen LogP contribution in [0.3, 0.4) is 0 Å². The highest BCUT2D eigenvalue weighted by Crippen LogP contribution is 2.18. The van der Waals surface area contributed by atoms with Crippen molar-refractivity contribution in [2.24, 2.45) is 5.41 Å². The molecule has 1 aromatic carbocycles. The molecule has 0 aliphatic carbocycles. The third-order valence-electron chi connectivity index (χ3n) is 2.75.